The highest BCUT2D eigenvalue weighted by atomic mass is 32.2. The molecule has 0 aliphatic carbocycles. The van der Waals surface area contributed by atoms with Gasteiger partial charge in [0.1, 0.15) is 5.75 Å². The molecule has 0 spiro atoms. The molecule has 1 saturated heterocycles. The summed E-state index contributed by atoms with van der Waals surface area (Å²) in [6.07, 6.45) is 2.49. The van der Waals surface area contributed by atoms with Gasteiger partial charge >= 0.3 is 6.03 Å². The number of ether oxygens (including phenoxy) is 1. The fraction of sp³-hybridized carbons (Fsp3) is 0.348. The molecule has 0 radical (unpaired) electrons. The Balaban J connectivity index is 1.39. The first-order chi connectivity index (χ1) is 15.4. The lowest BCUT2D eigenvalue weighted by Gasteiger charge is -2.22. The van der Waals surface area contributed by atoms with E-state index in [9.17, 15) is 13.2 Å². The number of urea groups is 1. The Morgan fingerprint density at radius 1 is 1.06 bits per heavy atom. The van der Waals surface area contributed by atoms with Crippen molar-refractivity contribution in [3.8, 4) is 5.75 Å². The van der Waals surface area contributed by atoms with Crippen molar-refractivity contribution in [2.75, 3.05) is 33.3 Å². The van der Waals surface area contributed by atoms with Gasteiger partial charge in [0.15, 0.2) is 0 Å². The van der Waals surface area contributed by atoms with E-state index in [1.54, 1.807) is 24.1 Å². The van der Waals surface area contributed by atoms with Crippen molar-refractivity contribution in [2.45, 2.75) is 17.9 Å². The standard InChI is InChI=1S/C23H28N4O4S/c1-25-12-9-19-16-21(7-8-22(19)25)32(29,30)27-11-4-10-26(13-14-27)23(28)24-17-18-5-3-6-20(15-18)31-2/h3,5-9,12,15-16H,4,10-11,13-14,17H2,1-2H3,(H,24,28). The Hall–Kier alpha value is -3.04. The van der Waals surface area contributed by atoms with Gasteiger partial charge in [-0.1, -0.05) is 12.1 Å². The zero-order valence-electron chi connectivity index (χ0n) is 18.3. The van der Waals surface area contributed by atoms with Gasteiger partial charge in [-0.05, 0) is 48.4 Å². The first-order valence-electron chi connectivity index (χ1n) is 10.6. The lowest BCUT2D eigenvalue weighted by molar-refractivity contribution is 0.200. The first-order valence-corrected chi connectivity index (χ1v) is 12.0. The number of methoxy groups -OCH3 is 1. The van der Waals surface area contributed by atoms with E-state index in [1.807, 2.05) is 54.2 Å². The molecule has 2 heterocycles. The quantitative estimate of drug-likeness (QED) is 0.640. The first kappa shape index (κ1) is 22.2. The van der Waals surface area contributed by atoms with E-state index < -0.39 is 10.0 Å². The minimum absolute atomic E-state index is 0.197. The highest BCUT2D eigenvalue weighted by molar-refractivity contribution is 7.89. The minimum atomic E-state index is -3.63. The molecule has 2 amide bonds. The smallest absolute Gasteiger partial charge is 0.317 e. The van der Waals surface area contributed by atoms with Crippen molar-refractivity contribution < 1.29 is 17.9 Å². The fourth-order valence-corrected chi connectivity index (χ4v) is 5.48. The molecule has 4 rings (SSSR count). The molecule has 0 saturated carbocycles. The Kier molecular flexibility index (Phi) is 6.38. The van der Waals surface area contributed by atoms with Crippen LogP contribution in [0.15, 0.2) is 59.6 Å². The van der Waals surface area contributed by atoms with Gasteiger partial charge in [-0.25, -0.2) is 13.2 Å². The Morgan fingerprint density at radius 2 is 1.91 bits per heavy atom. The highest BCUT2D eigenvalue weighted by Gasteiger charge is 2.28. The monoisotopic (exact) mass is 456 g/mol. The van der Waals surface area contributed by atoms with Crippen LogP contribution >= 0.6 is 0 Å². The summed E-state index contributed by atoms with van der Waals surface area (Å²) in [6, 6.07) is 14.4. The van der Waals surface area contributed by atoms with Crippen LogP contribution in [0.25, 0.3) is 10.9 Å². The molecule has 2 aromatic carbocycles. The summed E-state index contributed by atoms with van der Waals surface area (Å²) < 4.78 is 35.1. The Morgan fingerprint density at radius 3 is 2.72 bits per heavy atom. The van der Waals surface area contributed by atoms with Crippen molar-refractivity contribution in [2.24, 2.45) is 7.05 Å². The molecule has 170 valence electrons. The van der Waals surface area contributed by atoms with Gasteiger partial charge in [0.25, 0.3) is 0 Å². The molecule has 0 atom stereocenters. The third-order valence-electron chi connectivity index (χ3n) is 5.81. The number of amides is 2. The highest BCUT2D eigenvalue weighted by Crippen LogP contribution is 2.23. The van der Waals surface area contributed by atoms with Crippen LogP contribution in [0.2, 0.25) is 0 Å². The second kappa shape index (κ2) is 9.22. The van der Waals surface area contributed by atoms with Crippen LogP contribution in [0, 0.1) is 0 Å². The van der Waals surface area contributed by atoms with Gasteiger partial charge in [0.2, 0.25) is 10.0 Å². The number of aromatic nitrogens is 1. The van der Waals surface area contributed by atoms with Crippen LogP contribution in [-0.2, 0) is 23.6 Å². The number of hydrogen-bond acceptors (Lipinski definition) is 4. The molecule has 3 aromatic rings. The fourth-order valence-electron chi connectivity index (χ4n) is 3.98. The summed E-state index contributed by atoms with van der Waals surface area (Å²) in [5.74, 6) is 0.737. The maximum absolute atomic E-state index is 13.2. The Labute approximate surface area is 188 Å². The maximum atomic E-state index is 13.2. The molecule has 1 aliphatic heterocycles. The van der Waals surface area contributed by atoms with E-state index in [1.165, 1.54) is 4.31 Å². The summed E-state index contributed by atoms with van der Waals surface area (Å²) in [5.41, 5.74) is 1.92. The molecule has 1 N–H and O–H groups in total. The van der Waals surface area contributed by atoms with E-state index in [0.717, 1.165) is 22.2 Å². The number of aryl methyl sites for hydroxylation is 1. The number of carbonyl (C=O) groups is 1. The van der Waals surface area contributed by atoms with Gasteiger partial charge < -0.3 is 19.5 Å². The molecular weight excluding hydrogens is 428 g/mol. The molecule has 8 nitrogen and oxygen atoms in total. The molecule has 1 aliphatic rings. The molecular formula is C23H28N4O4S. The number of hydrogen-bond donors (Lipinski definition) is 1. The van der Waals surface area contributed by atoms with Gasteiger partial charge in [-0.2, -0.15) is 4.31 Å². The molecule has 0 bridgehead atoms. The van der Waals surface area contributed by atoms with Crippen LogP contribution < -0.4 is 10.1 Å². The van der Waals surface area contributed by atoms with Crippen LogP contribution in [0.3, 0.4) is 0 Å². The van der Waals surface area contributed by atoms with Gasteiger partial charge in [0, 0.05) is 56.9 Å². The van der Waals surface area contributed by atoms with E-state index in [-0.39, 0.29) is 17.5 Å². The largest absolute Gasteiger partial charge is 0.497 e. The van der Waals surface area contributed by atoms with E-state index in [4.69, 9.17) is 4.74 Å². The average Bonchev–Trinajstić information content (AvgIpc) is 3.00. The van der Waals surface area contributed by atoms with E-state index in [2.05, 4.69) is 5.32 Å². The zero-order valence-corrected chi connectivity index (χ0v) is 19.1. The van der Waals surface area contributed by atoms with Crippen molar-refractivity contribution in [3.63, 3.8) is 0 Å². The number of rotatable bonds is 5. The van der Waals surface area contributed by atoms with Crippen LogP contribution in [0.4, 0.5) is 4.79 Å². The minimum Gasteiger partial charge on any atom is -0.497 e. The number of carbonyl (C=O) groups excluding carboxylic acids is 1. The topological polar surface area (TPSA) is 83.9 Å². The Bertz CT molecular complexity index is 1220. The number of fused-ring (bicyclic) bond motifs is 1. The summed E-state index contributed by atoms with van der Waals surface area (Å²) in [5, 5.41) is 3.81. The molecule has 0 unspecified atom stereocenters. The van der Waals surface area contributed by atoms with Crippen molar-refractivity contribution in [3.05, 3.63) is 60.3 Å². The second-order valence-electron chi connectivity index (χ2n) is 7.90. The van der Waals surface area contributed by atoms with Crippen molar-refractivity contribution >= 4 is 27.0 Å². The number of benzene rings is 2. The lowest BCUT2D eigenvalue weighted by atomic mass is 10.2. The molecule has 1 fully saturated rings. The van der Waals surface area contributed by atoms with E-state index >= 15 is 0 Å². The van der Waals surface area contributed by atoms with Gasteiger partial charge in [0.05, 0.1) is 12.0 Å². The van der Waals surface area contributed by atoms with E-state index in [0.29, 0.717) is 32.6 Å². The normalized spacial score (nSPS) is 15.5. The second-order valence-corrected chi connectivity index (χ2v) is 9.84. The SMILES string of the molecule is COc1cccc(CNC(=O)N2CCCN(S(=O)(=O)c3ccc4c(ccn4C)c3)CC2)c1. The number of nitrogens with one attached hydrogen (secondary N) is 1. The number of sulfonamides is 1. The predicted molar refractivity (Wildman–Crippen MR) is 123 cm³/mol. The van der Waals surface area contributed by atoms with Crippen LogP contribution in [0.5, 0.6) is 5.75 Å². The molecule has 9 heteroatoms. The van der Waals surface area contributed by atoms with Crippen LogP contribution in [0.1, 0.15) is 12.0 Å². The van der Waals surface area contributed by atoms with Gasteiger partial charge in [-0.15, -0.1) is 0 Å². The molecule has 1 aromatic heterocycles. The third-order valence-corrected chi connectivity index (χ3v) is 7.71. The van der Waals surface area contributed by atoms with Gasteiger partial charge in [-0.3, -0.25) is 0 Å². The maximum Gasteiger partial charge on any atom is 0.317 e. The number of nitrogens with zero attached hydrogens (tertiary/aromatic N) is 3. The zero-order chi connectivity index (χ0) is 22.7. The van der Waals surface area contributed by atoms with Crippen LogP contribution in [-0.4, -0.2) is 61.5 Å². The average molecular weight is 457 g/mol. The predicted octanol–water partition coefficient (Wildman–Crippen LogP) is 2.79. The summed E-state index contributed by atoms with van der Waals surface area (Å²) in [7, 11) is -0.0942. The third kappa shape index (κ3) is 4.58. The summed E-state index contributed by atoms with van der Waals surface area (Å²) in [6.45, 7) is 1.88. The molecule has 32 heavy (non-hydrogen) atoms. The van der Waals surface area contributed by atoms with Crippen molar-refractivity contribution in [1.29, 1.82) is 0 Å². The summed E-state index contributed by atoms with van der Waals surface area (Å²) in [4.78, 5) is 14.6. The van der Waals surface area contributed by atoms with Crippen molar-refractivity contribution in [1.82, 2.24) is 19.1 Å². The summed E-state index contributed by atoms with van der Waals surface area (Å²) >= 11 is 0. The lowest BCUT2D eigenvalue weighted by Crippen LogP contribution is -2.42.